The van der Waals surface area contributed by atoms with Crippen molar-refractivity contribution in [2.24, 2.45) is 0 Å². The summed E-state index contributed by atoms with van der Waals surface area (Å²) in [7, 11) is -3.39. The molecule has 0 unspecified atom stereocenters. The van der Waals surface area contributed by atoms with Crippen LogP contribution in [0.15, 0.2) is 57.9 Å². The molecule has 0 bridgehead atoms. The molecule has 33 heavy (non-hydrogen) atoms. The molecule has 0 aliphatic heterocycles. The summed E-state index contributed by atoms with van der Waals surface area (Å²) >= 11 is 4.24. The standard InChI is InChI=1S/C21H18BrF3N2O4S2/c1-32-12-31-17(28)11-27-19(18(22)20(26-27)21(23,24)25)14-8-6-13(7-9-14)15-4-3-5-16(10-15)33(2,29)30/h3-10H,11-12H2,1-2H3. The lowest BCUT2D eigenvalue weighted by Gasteiger charge is -2.10. The molecule has 1 aromatic heterocycles. The van der Waals surface area contributed by atoms with Crippen LogP contribution in [0.5, 0.6) is 0 Å². The van der Waals surface area contributed by atoms with Gasteiger partial charge in [-0.25, -0.2) is 8.42 Å². The van der Waals surface area contributed by atoms with E-state index in [1.165, 1.54) is 23.9 Å². The third-order valence-corrected chi connectivity index (χ3v) is 6.75. The van der Waals surface area contributed by atoms with Crippen LogP contribution in [0.25, 0.3) is 22.4 Å². The van der Waals surface area contributed by atoms with Gasteiger partial charge in [0.2, 0.25) is 0 Å². The highest BCUT2D eigenvalue weighted by atomic mass is 79.9. The number of carbonyl (C=O) groups excluding carboxylic acids is 1. The zero-order valence-electron chi connectivity index (χ0n) is 17.4. The van der Waals surface area contributed by atoms with E-state index in [-0.39, 0.29) is 21.0 Å². The summed E-state index contributed by atoms with van der Waals surface area (Å²) in [6, 6.07) is 12.8. The zero-order valence-corrected chi connectivity index (χ0v) is 20.6. The molecule has 0 fully saturated rings. The number of nitrogens with zero attached hydrogens (tertiary/aromatic N) is 2. The van der Waals surface area contributed by atoms with Crippen molar-refractivity contribution in [1.82, 2.24) is 9.78 Å². The number of aromatic nitrogens is 2. The molecule has 3 rings (SSSR count). The third kappa shape index (κ3) is 5.98. The summed E-state index contributed by atoms with van der Waals surface area (Å²) in [5.74, 6) is -0.646. The number of rotatable bonds is 7. The number of sulfone groups is 1. The maximum atomic E-state index is 13.4. The van der Waals surface area contributed by atoms with Crippen LogP contribution >= 0.6 is 27.7 Å². The molecule has 6 nitrogen and oxygen atoms in total. The second-order valence-corrected chi connectivity index (χ2v) is 10.6. The van der Waals surface area contributed by atoms with Gasteiger partial charge in [0.15, 0.2) is 15.5 Å². The quantitative estimate of drug-likeness (QED) is 0.288. The number of alkyl halides is 3. The van der Waals surface area contributed by atoms with E-state index in [4.69, 9.17) is 4.74 Å². The molecular weight excluding hydrogens is 545 g/mol. The van der Waals surface area contributed by atoms with Crippen molar-refractivity contribution >= 4 is 43.5 Å². The van der Waals surface area contributed by atoms with Crippen molar-refractivity contribution in [1.29, 1.82) is 0 Å². The molecule has 176 valence electrons. The van der Waals surface area contributed by atoms with E-state index in [0.29, 0.717) is 16.7 Å². The lowest BCUT2D eigenvalue weighted by molar-refractivity contribution is -0.145. The lowest BCUT2D eigenvalue weighted by Crippen LogP contribution is -2.16. The van der Waals surface area contributed by atoms with Crippen LogP contribution in [0.1, 0.15) is 5.69 Å². The first-order valence-corrected chi connectivity index (χ1v) is 13.4. The first-order valence-electron chi connectivity index (χ1n) is 9.31. The van der Waals surface area contributed by atoms with Gasteiger partial charge in [-0.05, 0) is 45.4 Å². The summed E-state index contributed by atoms with van der Waals surface area (Å²) in [6.07, 6.45) is -1.90. The molecule has 0 aliphatic rings. The highest BCUT2D eigenvalue weighted by Gasteiger charge is 2.39. The fourth-order valence-electron chi connectivity index (χ4n) is 3.03. The molecule has 0 atom stereocenters. The Morgan fingerprint density at radius 3 is 2.33 bits per heavy atom. The van der Waals surface area contributed by atoms with E-state index in [2.05, 4.69) is 21.0 Å². The number of thioether (sulfide) groups is 1. The van der Waals surface area contributed by atoms with Gasteiger partial charge >= 0.3 is 12.1 Å². The second-order valence-electron chi connectivity index (χ2n) is 6.97. The van der Waals surface area contributed by atoms with E-state index < -0.39 is 34.2 Å². The zero-order chi connectivity index (χ0) is 24.4. The molecule has 0 radical (unpaired) electrons. The minimum atomic E-state index is -4.73. The molecule has 0 N–H and O–H groups in total. The average molecular weight is 563 g/mol. The van der Waals surface area contributed by atoms with Crippen molar-refractivity contribution in [2.75, 3.05) is 18.5 Å². The van der Waals surface area contributed by atoms with Crippen LogP contribution in [0.4, 0.5) is 13.2 Å². The van der Waals surface area contributed by atoms with Crippen LogP contribution in [-0.2, 0) is 32.1 Å². The van der Waals surface area contributed by atoms with E-state index >= 15 is 0 Å². The van der Waals surface area contributed by atoms with Crippen molar-refractivity contribution in [3.8, 4) is 22.4 Å². The molecule has 0 spiro atoms. The summed E-state index contributed by atoms with van der Waals surface area (Å²) in [4.78, 5) is 12.2. The van der Waals surface area contributed by atoms with E-state index in [9.17, 15) is 26.4 Å². The predicted octanol–water partition coefficient (Wildman–Crippen LogP) is 5.27. The third-order valence-electron chi connectivity index (χ3n) is 4.53. The number of ether oxygens (including phenoxy) is 1. The van der Waals surface area contributed by atoms with Crippen molar-refractivity contribution in [3.05, 3.63) is 58.7 Å². The van der Waals surface area contributed by atoms with Gasteiger partial charge in [-0.3, -0.25) is 9.48 Å². The van der Waals surface area contributed by atoms with Gasteiger partial charge in [-0.15, -0.1) is 11.8 Å². The Balaban J connectivity index is 2.02. The first-order chi connectivity index (χ1) is 15.4. The molecule has 0 amide bonds. The normalized spacial score (nSPS) is 12.1. The van der Waals surface area contributed by atoms with Gasteiger partial charge in [0.25, 0.3) is 0 Å². The molecular formula is C21H18BrF3N2O4S2. The molecule has 0 aliphatic carbocycles. The van der Waals surface area contributed by atoms with Gasteiger partial charge in [-0.2, -0.15) is 18.3 Å². The van der Waals surface area contributed by atoms with Crippen LogP contribution < -0.4 is 0 Å². The largest absolute Gasteiger partial charge is 0.453 e. The maximum absolute atomic E-state index is 13.4. The molecule has 0 saturated heterocycles. The van der Waals surface area contributed by atoms with Gasteiger partial charge in [0.1, 0.15) is 12.5 Å². The number of carbonyl (C=O) groups is 1. The number of halogens is 4. The SMILES string of the molecule is CSCOC(=O)Cn1nc(C(F)(F)F)c(Br)c1-c1ccc(-c2cccc(S(C)(=O)=O)c2)cc1. The van der Waals surface area contributed by atoms with Gasteiger partial charge in [-0.1, -0.05) is 36.4 Å². The minimum Gasteiger partial charge on any atom is -0.453 e. The van der Waals surface area contributed by atoms with E-state index in [0.717, 1.165) is 10.9 Å². The Labute approximate surface area is 201 Å². The summed E-state index contributed by atoms with van der Waals surface area (Å²) < 4.78 is 69.6. The van der Waals surface area contributed by atoms with E-state index in [1.54, 1.807) is 42.7 Å². The second kappa shape index (κ2) is 9.90. The number of benzene rings is 2. The smallest absolute Gasteiger partial charge is 0.436 e. The first kappa shape index (κ1) is 25.3. The topological polar surface area (TPSA) is 78.3 Å². The number of esters is 1. The van der Waals surface area contributed by atoms with Crippen LogP contribution in [0.2, 0.25) is 0 Å². The molecule has 12 heteroatoms. The Bertz CT molecular complexity index is 1270. The monoisotopic (exact) mass is 562 g/mol. The number of hydrogen-bond donors (Lipinski definition) is 0. The van der Waals surface area contributed by atoms with Crippen molar-refractivity contribution in [3.63, 3.8) is 0 Å². The minimum absolute atomic E-state index is 0.0693. The Morgan fingerprint density at radius 1 is 1.12 bits per heavy atom. The highest BCUT2D eigenvalue weighted by Crippen LogP contribution is 2.40. The Morgan fingerprint density at radius 2 is 1.76 bits per heavy atom. The van der Waals surface area contributed by atoms with Gasteiger partial charge in [0.05, 0.1) is 15.1 Å². The average Bonchev–Trinajstić information content (AvgIpc) is 3.08. The number of hydrogen-bond acceptors (Lipinski definition) is 6. The van der Waals surface area contributed by atoms with Gasteiger partial charge in [0, 0.05) is 11.8 Å². The molecule has 0 saturated carbocycles. The fraction of sp³-hybridized carbons (Fsp3) is 0.238. The fourth-order valence-corrected chi connectivity index (χ4v) is 4.68. The Kier molecular flexibility index (Phi) is 7.59. The lowest BCUT2D eigenvalue weighted by atomic mass is 10.0. The molecule has 3 aromatic rings. The predicted molar refractivity (Wildman–Crippen MR) is 123 cm³/mol. The van der Waals surface area contributed by atoms with Crippen molar-refractivity contribution in [2.45, 2.75) is 17.6 Å². The maximum Gasteiger partial charge on any atom is 0.436 e. The molecule has 2 aromatic carbocycles. The van der Waals surface area contributed by atoms with Crippen molar-refractivity contribution < 1.29 is 31.1 Å². The summed E-state index contributed by atoms with van der Waals surface area (Å²) in [5, 5.41) is 3.60. The summed E-state index contributed by atoms with van der Waals surface area (Å²) in [5.41, 5.74) is 0.598. The Hall–Kier alpha value is -2.31. The van der Waals surface area contributed by atoms with E-state index in [1.807, 2.05) is 0 Å². The summed E-state index contributed by atoms with van der Waals surface area (Å²) in [6.45, 7) is -0.497. The van der Waals surface area contributed by atoms with Gasteiger partial charge < -0.3 is 4.74 Å². The molecule has 1 heterocycles. The highest BCUT2D eigenvalue weighted by molar-refractivity contribution is 9.10. The van der Waals surface area contributed by atoms with Crippen LogP contribution in [0, 0.1) is 0 Å². The van der Waals surface area contributed by atoms with Crippen LogP contribution in [0.3, 0.4) is 0 Å². The van der Waals surface area contributed by atoms with Crippen LogP contribution in [-0.4, -0.2) is 42.6 Å².